The third-order valence-corrected chi connectivity index (χ3v) is 2.91. The molecule has 0 amide bonds. The average molecular weight is 291 g/mol. The first-order chi connectivity index (χ1) is 9.70. The normalized spacial score (nSPS) is 10.1. The van der Waals surface area contributed by atoms with Crippen molar-refractivity contribution in [1.82, 2.24) is 0 Å². The Balaban J connectivity index is 2.04. The van der Waals surface area contributed by atoms with Gasteiger partial charge in [-0.3, -0.25) is 0 Å². The number of carbonyl (C=O) groups excluding carboxylic acids is 1. The summed E-state index contributed by atoms with van der Waals surface area (Å²) in [6.45, 7) is 2.69. The molecule has 0 atom stereocenters. The SMILES string of the molecule is CCCOc1ccc(C(=O)Oc2ccccc2Cl)cc1. The largest absolute Gasteiger partial charge is 0.494 e. The monoisotopic (exact) mass is 290 g/mol. The highest BCUT2D eigenvalue weighted by Gasteiger charge is 2.10. The van der Waals surface area contributed by atoms with Gasteiger partial charge >= 0.3 is 5.97 Å². The summed E-state index contributed by atoms with van der Waals surface area (Å²) in [6.07, 6.45) is 0.941. The van der Waals surface area contributed by atoms with Crippen molar-refractivity contribution in [3.05, 3.63) is 59.1 Å². The fourth-order valence-corrected chi connectivity index (χ4v) is 1.77. The molecule has 0 saturated carbocycles. The van der Waals surface area contributed by atoms with Gasteiger partial charge in [0.05, 0.1) is 17.2 Å². The van der Waals surface area contributed by atoms with Gasteiger partial charge in [0.2, 0.25) is 0 Å². The number of ether oxygens (including phenoxy) is 2. The van der Waals surface area contributed by atoms with Gasteiger partial charge in [0.1, 0.15) is 11.5 Å². The van der Waals surface area contributed by atoms with Crippen molar-refractivity contribution in [3.8, 4) is 11.5 Å². The van der Waals surface area contributed by atoms with Crippen molar-refractivity contribution in [1.29, 1.82) is 0 Å². The number of rotatable bonds is 5. The molecule has 0 N–H and O–H groups in total. The molecule has 0 radical (unpaired) electrons. The maximum Gasteiger partial charge on any atom is 0.343 e. The molecule has 0 aliphatic rings. The number of hydrogen-bond donors (Lipinski definition) is 0. The van der Waals surface area contributed by atoms with Crippen molar-refractivity contribution in [3.63, 3.8) is 0 Å². The van der Waals surface area contributed by atoms with Crippen LogP contribution < -0.4 is 9.47 Å². The van der Waals surface area contributed by atoms with Crippen molar-refractivity contribution < 1.29 is 14.3 Å². The fraction of sp³-hybridized carbons (Fsp3) is 0.188. The van der Waals surface area contributed by atoms with E-state index in [1.165, 1.54) is 0 Å². The molecule has 0 heterocycles. The first kappa shape index (κ1) is 14.4. The van der Waals surface area contributed by atoms with Gasteiger partial charge in [-0.25, -0.2) is 4.79 Å². The summed E-state index contributed by atoms with van der Waals surface area (Å²) in [7, 11) is 0. The Morgan fingerprint density at radius 1 is 1.10 bits per heavy atom. The lowest BCUT2D eigenvalue weighted by molar-refractivity contribution is 0.0735. The summed E-state index contributed by atoms with van der Waals surface area (Å²) >= 11 is 5.94. The summed E-state index contributed by atoms with van der Waals surface area (Å²) in [4.78, 5) is 12.0. The molecule has 3 nitrogen and oxygen atoms in total. The number of benzene rings is 2. The van der Waals surface area contributed by atoms with Gasteiger partial charge in [0.25, 0.3) is 0 Å². The first-order valence-electron chi connectivity index (χ1n) is 6.40. The van der Waals surface area contributed by atoms with E-state index in [0.717, 1.165) is 12.2 Å². The standard InChI is InChI=1S/C16H15ClO3/c1-2-11-19-13-9-7-12(8-10-13)16(18)20-15-6-4-3-5-14(15)17/h3-10H,2,11H2,1H3. The maximum absolute atomic E-state index is 12.0. The first-order valence-corrected chi connectivity index (χ1v) is 6.78. The van der Waals surface area contributed by atoms with Crippen LogP contribution >= 0.6 is 11.6 Å². The van der Waals surface area contributed by atoms with Crippen LogP contribution in [0.15, 0.2) is 48.5 Å². The maximum atomic E-state index is 12.0. The van der Waals surface area contributed by atoms with Gasteiger partial charge in [-0.2, -0.15) is 0 Å². The van der Waals surface area contributed by atoms with Crippen molar-refractivity contribution in [2.24, 2.45) is 0 Å². The molecule has 0 aromatic heterocycles. The van der Waals surface area contributed by atoms with E-state index >= 15 is 0 Å². The van der Waals surface area contributed by atoms with Crippen LogP contribution in [-0.4, -0.2) is 12.6 Å². The summed E-state index contributed by atoms with van der Waals surface area (Å²) in [5.74, 6) is 0.645. The number of para-hydroxylation sites is 1. The van der Waals surface area contributed by atoms with E-state index in [2.05, 4.69) is 0 Å². The molecule has 104 valence electrons. The average Bonchev–Trinajstić information content (AvgIpc) is 2.48. The smallest absolute Gasteiger partial charge is 0.343 e. The molecule has 0 unspecified atom stereocenters. The minimum absolute atomic E-state index is 0.352. The Kier molecular flexibility index (Phi) is 5.02. The van der Waals surface area contributed by atoms with Gasteiger partial charge in [-0.05, 0) is 42.8 Å². The fourth-order valence-electron chi connectivity index (χ4n) is 1.59. The Labute approximate surface area is 123 Å². The molecular formula is C16H15ClO3. The molecule has 2 aromatic rings. The molecule has 0 saturated heterocycles. The highest BCUT2D eigenvalue weighted by molar-refractivity contribution is 6.32. The minimum atomic E-state index is -0.444. The third-order valence-electron chi connectivity index (χ3n) is 2.60. The summed E-state index contributed by atoms with van der Waals surface area (Å²) in [5.41, 5.74) is 0.453. The molecule has 0 aliphatic heterocycles. The Morgan fingerprint density at radius 2 is 1.80 bits per heavy atom. The highest BCUT2D eigenvalue weighted by Crippen LogP contribution is 2.24. The highest BCUT2D eigenvalue weighted by atomic mass is 35.5. The molecule has 20 heavy (non-hydrogen) atoms. The van der Waals surface area contributed by atoms with Crippen LogP contribution in [0.5, 0.6) is 11.5 Å². The van der Waals surface area contributed by atoms with Gasteiger partial charge in [0, 0.05) is 0 Å². The van der Waals surface area contributed by atoms with Crippen molar-refractivity contribution >= 4 is 17.6 Å². The molecule has 0 bridgehead atoms. The molecule has 0 aliphatic carbocycles. The van der Waals surface area contributed by atoms with Crippen molar-refractivity contribution in [2.45, 2.75) is 13.3 Å². The molecule has 2 rings (SSSR count). The summed E-state index contributed by atoms with van der Waals surface area (Å²) in [5, 5.41) is 0.406. The third kappa shape index (κ3) is 3.75. The second-order valence-electron chi connectivity index (χ2n) is 4.19. The molecule has 4 heteroatoms. The van der Waals surface area contributed by atoms with Crippen LogP contribution in [0, 0.1) is 0 Å². The molecule has 0 spiro atoms. The van der Waals surface area contributed by atoms with E-state index in [9.17, 15) is 4.79 Å². The van der Waals surface area contributed by atoms with E-state index < -0.39 is 5.97 Å². The van der Waals surface area contributed by atoms with Gasteiger partial charge in [0.15, 0.2) is 0 Å². The number of halogens is 1. The lowest BCUT2D eigenvalue weighted by Crippen LogP contribution is -2.08. The Hall–Kier alpha value is -2.00. The lowest BCUT2D eigenvalue weighted by atomic mass is 10.2. The van der Waals surface area contributed by atoms with E-state index in [0.29, 0.717) is 22.9 Å². The Morgan fingerprint density at radius 3 is 2.45 bits per heavy atom. The van der Waals surface area contributed by atoms with Gasteiger partial charge in [-0.1, -0.05) is 30.7 Å². The van der Waals surface area contributed by atoms with Crippen LogP contribution in [0.25, 0.3) is 0 Å². The predicted molar refractivity (Wildman–Crippen MR) is 78.6 cm³/mol. The quantitative estimate of drug-likeness (QED) is 0.607. The van der Waals surface area contributed by atoms with Crippen LogP contribution in [0.3, 0.4) is 0 Å². The molecule has 2 aromatic carbocycles. The number of hydrogen-bond acceptors (Lipinski definition) is 3. The van der Waals surface area contributed by atoms with E-state index in [4.69, 9.17) is 21.1 Å². The van der Waals surface area contributed by atoms with Gasteiger partial charge in [-0.15, -0.1) is 0 Å². The lowest BCUT2D eigenvalue weighted by Gasteiger charge is -2.07. The van der Waals surface area contributed by atoms with Crippen LogP contribution in [0.2, 0.25) is 5.02 Å². The number of carbonyl (C=O) groups is 1. The summed E-state index contributed by atoms with van der Waals surface area (Å²) < 4.78 is 10.7. The van der Waals surface area contributed by atoms with E-state index in [-0.39, 0.29) is 0 Å². The second-order valence-corrected chi connectivity index (χ2v) is 4.60. The number of esters is 1. The van der Waals surface area contributed by atoms with Gasteiger partial charge < -0.3 is 9.47 Å². The molecular weight excluding hydrogens is 276 g/mol. The zero-order valence-electron chi connectivity index (χ0n) is 11.1. The topological polar surface area (TPSA) is 35.5 Å². The molecule has 0 fully saturated rings. The zero-order valence-corrected chi connectivity index (χ0v) is 11.9. The summed E-state index contributed by atoms with van der Waals surface area (Å²) in [6, 6.07) is 13.7. The Bertz CT molecular complexity index is 579. The van der Waals surface area contributed by atoms with Crippen molar-refractivity contribution in [2.75, 3.05) is 6.61 Å². The zero-order chi connectivity index (χ0) is 14.4. The van der Waals surface area contributed by atoms with Crippen LogP contribution in [-0.2, 0) is 0 Å². The second kappa shape index (κ2) is 6.96. The van der Waals surface area contributed by atoms with Crippen LogP contribution in [0.1, 0.15) is 23.7 Å². The van der Waals surface area contributed by atoms with Crippen LogP contribution in [0.4, 0.5) is 0 Å². The minimum Gasteiger partial charge on any atom is -0.494 e. The van der Waals surface area contributed by atoms with E-state index in [1.807, 2.05) is 6.92 Å². The predicted octanol–water partition coefficient (Wildman–Crippen LogP) is 4.35. The van der Waals surface area contributed by atoms with E-state index in [1.54, 1.807) is 48.5 Å².